The van der Waals surface area contributed by atoms with Crippen LogP contribution < -0.4 is 4.90 Å². The molecular weight excluding hydrogens is 246 g/mol. The summed E-state index contributed by atoms with van der Waals surface area (Å²) in [6, 6.07) is 7.98. The summed E-state index contributed by atoms with van der Waals surface area (Å²) >= 11 is 0. The van der Waals surface area contributed by atoms with E-state index in [4.69, 9.17) is 10.4 Å². The van der Waals surface area contributed by atoms with E-state index < -0.39 is 12.0 Å². The number of hydrogen-bond donors (Lipinski definition) is 1. The molecule has 2 amide bonds. The molecule has 0 spiro atoms. The van der Waals surface area contributed by atoms with Crippen molar-refractivity contribution in [3.8, 4) is 6.07 Å². The smallest absolute Gasteiger partial charge is 0.324 e. The zero-order chi connectivity index (χ0) is 14.0. The number of benzene rings is 1. The number of carboxylic acid groups (broad SMARTS) is 1. The number of hydrogen-bond acceptors (Lipinski definition) is 3. The molecular formula is C13H13N3O3. The van der Waals surface area contributed by atoms with E-state index in [1.54, 1.807) is 31.3 Å². The Balaban J connectivity index is 2.42. The number of aliphatic carboxylic acids is 1. The summed E-state index contributed by atoms with van der Waals surface area (Å²) in [6.07, 6.45) is -0.143. The molecule has 0 saturated carbocycles. The van der Waals surface area contributed by atoms with Crippen LogP contribution in [-0.4, -0.2) is 41.6 Å². The number of para-hydroxylation sites is 1. The maximum absolute atomic E-state index is 12.1. The quantitative estimate of drug-likeness (QED) is 0.885. The highest BCUT2D eigenvalue weighted by molar-refractivity contribution is 5.96. The number of nitrogens with zero attached hydrogens (tertiary/aromatic N) is 3. The molecule has 98 valence electrons. The van der Waals surface area contributed by atoms with E-state index in [-0.39, 0.29) is 12.5 Å². The van der Waals surface area contributed by atoms with Gasteiger partial charge in [-0.3, -0.25) is 9.69 Å². The van der Waals surface area contributed by atoms with E-state index >= 15 is 0 Å². The van der Waals surface area contributed by atoms with Gasteiger partial charge in [0.25, 0.3) is 0 Å². The van der Waals surface area contributed by atoms with E-state index in [0.717, 1.165) is 0 Å². The predicted octanol–water partition coefficient (Wildman–Crippen LogP) is 1.27. The first kappa shape index (κ1) is 12.9. The number of nitriles is 1. The third-order valence-corrected chi connectivity index (χ3v) is 3.08. The Morgan fingerprint density at radius 2 is 2.21 bits per heavy atom. The summed E-state index contributed by atoms with van der Waals surface area (Å²) < 4.78 is 0. The minimum Gasteiger partial charge on any atom is -0.481 e. The van der Waals surface area contributed by atoms with Gasteiger partial charge in [0.1, 0.15) is 6.07 Å². The molecule has 1 aliphatic heterocycles. The second kappa shape index (κ2) is 4.98. The molecule has 0 radical (unpaired) electrons. The molecule has 1 N–H and O–H groups in total. The standard InChI is InChI=1S/C13H13N3O3/c1-15-8-10(6-12(17)18)16(13(15)19)11-5-3-2-4-9(11)7-14/h2-5,10H,6,8H2,1H3,(H,17,18). The van der Waals surface area contributed by atoms with Crippen LogP contribution in [0.1, 0.15) is 12.0 Å². The third kappa shape index (κ3) is 2.36. The van der Waals surface area contributed by atoms with Crippen molar-refractivity contribution in [2.75, 3.05) is 18.5 Å². The zero-order valence-electron chi connectivity index (χ0n) is 10.4. The summed E-state index contributed by atoms with van der Waals surface area (Å²) in [5.41, 5.74) is 0.826. The third-order valence-electron chi connectivity index (χ3n) is 3.08. The first-order valence-corrected chi connectivity index (χ1v) is 5.80. The summed E-state index contributed by atoms with van der Waals surface area (Å²) in [5.74, 6) is -0.965. The van der Waals surface area contributed by atoms with Crippen molar-refractivity contribution in [1.29, 1.82) is 5.26 Å². The van der Waals surface area contributed by atoms with Crippen molar-refractivity contribution in [2.45, 2.75) is 12.5 Å². The topological polar surface area (TPSA) is 84.6 Å². The minimum absolute atomic E-state index is 0.143. The molecule has 19 heavy (non-hydrogen) atoms. The normalized spacial score (nSPS) is 18.5. The Hall–Kier alpha value is -2.55. The highest BCUT2D eigenvalue weighted by Gasteiger charge is 2.38. The Kier molecular flexibility index (Phi) is 3.38. The van der Waals surface area contributed by atoms with Crippen LogP contribution in [0.15, 0.2) is 24.3 Å². The van der Waals surface area contributed by atoms with Gasteiger partial charge in [-0.25, -0.2) is 4.79 Å². The number of rotatable bonds is 3. The number of urea groups is 1. The maximum atomic E-state index is 12.1. The molecule has 6 nitrogen and oxygen atoms in total. The van der Waals surface area contributed by atoms with Gasteiger partial charge in [-0.2, -0.15) is 5.26 Å². The largest absolute Gasteiger partial charge is 0.481 e. The van der Waals surface area contributed by atoms with Crippen LogP contribution in [0.3, 0.4) is 0 Å². The minimum atomic E-state index is -0.965. The Labute approximate surface area is 110 Å². The number of amides is 2. The highest BCUT2D eigenvalue weighted by atomic mass is 16.4. The Morgan fingerprint density at radius 3 is 2.84 bits per heavy atom. The summed E-state index contributed by atoms with van der Waals surface area (Å²) in [6.45, 7) is 0.338. The van der Waals surface area contributed by atoms with Gasteiger partial charge in [0.05, 0.1) is 23.7 Å². The van der Waals surface area contributed by atoms with Crippen molar-refractivity contribution in [2.24, 2.45) is 0 Å². The van der Waals surface area contributed by atoms with Crippen LogP contribution in [0.2, 0.25) is 0 Å². The molecule has 1 saturated heterocycles. The second-order valence-corrected chi connectivity index (χ2v) is 4.41. The van der Waals surface area contributed by atoms with Gasteiger partial charge in [-0.05, 0) is 12.1 Å². The fraction of sp³-hybridized carbons (Fsp3) is 0.308. The highest BCUT2D eigenvalue weighted by Crippen LogP contribution is 2.28. The monoisotopic (exact) mass is 259 g/mol. The first-order valence-electron chi connectivity index (χ1n) is 5.80. The number of carboxylic acids is 1. The van der Waals surface area contributed by atoms with Gasteiger partial charge in [0.15, 0.2) is 0 Å². The molecule has 1 aliphatic rings. The average Bonchev–Trinajstić information content (AvgIpc) is 2.64. The van der Waals surface area contributed by atoms with Gasteiger partial charge in [0, 0.05) is 13.6 Å². The molecule has 1 atom stereocenters. The second-order valence-electron chi connectivity index (χ2n) is 4.41. The predicted molar refractivity (Wildman–Crippen MR) is 67.7 cm³/mol. The van der Waals surface area contributed by atoms with E-state index in [0.29, 0.717) is 17.8 Å². The van der Waals surface area contributed by atoms with Crippen molar-refractivity contribution >= 4 is 17.7 Å². The molecule has 1 unspecified atom stereocenters. The molecule has 1 fully saturated rings. The summed E-state index contributed by atoms with van der Waals surface area (Å²) in [4.78, 5) is 25.8. The molecule has 1 aromatic rings. The van der Waals surface area contributed by atoms with Crippen molar-refractivity contribution in [3.05, 3.63) is 29.8 Å². The van der Waals surface area contributed by atoms with Crippen LogP contribution in [-0.2, 0) is 4.79 Å². The lowest BCUT2D eigenvalue weighted by molar-refractivity contribution is -0.137. The van der Waals surface area contributed by atoms with Gasteiger partial charge < -0.3 is 10.0 Å². The van der Waals surface area contributed by atoms with Crippen LogP contribution in [0.5, 0.6) is 0 Å². The number of likely N-dealkylation sites (N-methyl/N-ethyl adjacent to an activating group) is 1. The molecule has 2 rings (SSSR count). The fourth-order valence-electron chi connectivity index (χ4n) is 2.25. The fourth-order valence-corrected chi connectivity index (χ4v) is 2.25. The van der Waals surface area contributed by atoms with Gasteiger partial charge in [0.2, 0.25) is 0 Å². The number of carbonyl (C=O) groups is 2. The molecule has 0 aliphatic carbocycles. The van der Waals surface area contributed by atoms with E-state index in [1.807, 2.05) is 6.07 Å². The lowest BCUT2D eigenvalue weighted by Gasteiger charge is -2.22. The van der Waals surface area contributed by atoms with E-state index in [2.05, 4.69) is 0 Å². The van der Waals surface area contributed by atoms with Crippen LogP contribution in [0.4, 0.5) is 10.5 Å². The molecule has 0 aromatic heterocycles. The SMILES string of the molecule is CN1CC(CC(=O)O)N(c2ccccc2C#N)C1=O. The van der Waals surface area contributed by atoms with Crippen LogP contribution in [0, 0.1) is 11.3 Å². The Bertz CT molecular complexity index is 564. The molecule has 0 bridgehead atoms. The number of anilines is 1. The van der Waals surface area contributed by atoms with E-state index in [9.17, 15) is 9.59 Å². The van der Waals surface area contributed by atoms with Crippen molar-refractivity contribution < 1.29 is 14.7 Å². The zero-order valence-corrected chi connectivity index (χ0v) is 10.4. The van der Waals surface area contributed by atoms with Gasteiger partial charge in [-0.15, -0.1) is 0 Å². The van der Waals surface area contributed by atoms with E-state index in [1.165, 1.54) is 9.80 Å². The Morgan fingerprint density at radius 1 is 1.53 bits per heavy atom. The van der Waals surface area contributed by atoms with Crippen molar-refractivity contribution in [1.82, 2.24) is 4.90 Å². The average molecular weight is 259 g/mol. The first-order chi connectivity index (χ1) is 9.04. The van der Waals surface area contributed by atoms with Crippen molar-refractivity contribution in [3.63, 3.8) is 0 Å². The summed E-state index contributed by atoms with van der Waals surface area (Å²) in [7, 11) is 1.62. The van der Waals surface area contributed by atoms with Crippen LogP contribution >= 0.6 is 0 Å². The lowest BCUT2D eigenvalue weighted by atomic mass is 10.1. The van der Waals surface area contributed by atoms with Crippen LogP contribution in [0.25, 0.3) is 0 Å². The lowest BCUT2D eigenvalue weighted by Crippen LogP contribution is -2.36. The molecule has 6 heteroatoms. The number of carbonyl (C=O) groups excluding carboxylic acids is 1. The van der Waals surface area contributed by atoms with Gasteiger partial charge >= 0.3 is 12.0 Å². The molecule has 1 heterocycles. The maximum Gasteiger partial charge on any atom is 0.324 e. The molecule has 1 aromatic carbocycles. The summed E-state index contributed by atoms with van der Waals surface area (Å²) in [5, 5.41) is 18.0. The van der Waals surface area contributed by atoms with Gasteiger partial charge in [-0.1, -0.05) is 12.1 Å².